The van der Waals surface area contributed by atoms with Crippen LogP contribution in [-0.2, 0) is 18.8 Å². The predicted molar refractivity (Wildman–Crippen MR) is 178 cm³/mol. The molecule has 0 aromatic heterocycles. The Hall–Kier alpha value is -3.90. The molecule has 3 aromatic carbocycles. The molecule has 2 amide bonds. The number of aryl methyl sites for hydroxylation is 1. The van der Waals surface area contributed by atoms with Gasteiger partial charge in [0, 0.05) is 75.1 Å². The standard InChI is InChI=1S/C38H42F6N4O2/c1-26-6-5-9-28(20-26)35(49)47-13-10-32(11-14-47)45-16-18-46(19-17-45)33-12-15-48(34(25-33)21-27-7-3-2-4-8-27)36(50)29-22-30(37(39,40)41)24-31(23-29)38(42,43)44/h2-9,20,22-24,32-34H,10-19,21,25H2,1H3. The van der Waals surface area contributed by atoms with Gasteiger partial charge in [-0.2, -0.15) is 26.3 Å². The first-order chi connectivity index (χ1) is 23.8. The minimum atomic E-state index is -5.04. The summed E-state index contributed by atoms with van der Waals surface area (Å²) in [6.45, 7) is 7.00. The molecule has 3 aromatic rings. The number of halogens is 6. The van der Waals surface area contributed by atoms with Crippen LogP contribution >= 0.6 is 0 Å². The molecule has 6 nitrogen and oxygen atoms in total. The van der Waals surface area contributed by atoms with Crippen molar-refractivity contribution in [3.8, 4) is 0 Å². The first-order valence-corrected chi connectivity index (χ1v) is 17.2. The van der Waals surface area contributed by atoms with Gasteiger partial charge in [0.1, 0.15) is 0 Å². The fourth-order valence-corrected chi connectivity index (χ4v) is 7.82. The zero-order valence-corrected chi connectivity index (χ0v) is 28.0. The van der Waals surface area contributed by atoms with E-state index in [0.29, 0.717) is 50.5 Å². The number of nitrogens with zero attached hydrogens (tertiary/aromatic N) is 4. The van der Waals surface area contributed by atoms with Crippen LogP contribution < -0.4 is 0 Å². The maximum Gasteiger partial charge on any atom is 0.416 e. The van der Waals surface area contributed by atoms with Gasteiger partial charge in [-0.3, -0.25) is 19.4 Å². The second-order valence-electron chi connectivity index (χ2n) is 13.8. The van der Waals surface area contributed by atoms with E-state index in [4.69, 9.17) is 0 Å². The highest BCUT2D eigenvalue weighted by Gasteiger charge is 2.40. The van der Waals surface area contributed by atoms with Gasteiger partial charge in [-0.1, -0.05) is 48.0 Å². The van der Waals surface area contributed by atoms with Crippen molar-refractivity contribution >= 4 is 11.8 Å². The maximum absolute atomic E-state index is 13.8. The number of alkyl halides is 6. The monoisotopic (exact) mass is 700 g/mol. The Morgan fingerprint density at radius 2 is 1.22 bits per heavy atom. The summed E-state index contributed by atoms with van der Waals surface area (Å²) in [5, 5.41) is 0. The zero-order valence-electron chi connectivity index (χ0n) is 28.0. The van der Waals surface area contributed by atoms with Crippen LogP contribution in [0.1, 0.15) is 68.7 Å². The van der Waals surface area contributed by atoms with Crippen molar-refractivity contribution in [2.75, 3.05) is 45.8 Å². The first-order valence-electron chi connectivity index (χ1n) is 17.2. The third kappa shape index (κ3) is 8.34. The molecule has 0 spiro atoms. The van der Waals surface area contributed by atoms with Crippen LogP contribution in [0.2, 0.25) is 0 Å². The Bertz CT molecular complexity index is 1610. The Kier molecular flexibility index (Phi) is 10.6. The predicted octanol–water partition coefficient (Wildman–Crippen LogP) is 7.17. The lowest BCUT2D eigenvalue weighted by Crippen LogP contribution is -2.58. The Labute approximate surface area is 288 Å². The summed E-state index contributed by atoms with van der Waals surface area (Å²) in [7, 11) is 0. The minimum absolute atomic E-state index is 0.0540. The van der Waals surface area contributed by atoms with E-state index in [1.807, 2.05) is 66.4 Å². The molecule has 0 saturated carbocycles. The lowest BCUT2D eigenvalue weighted by Gasteiger charge is -2.48. The summed E-state index contributed by atoms with van der Waals surface area (Å²) < 4.78 is 81.7. The Morgan fingerprint density at radius 3 is 1.80 bits per heavy atom. The number of hydrogen-bond donors (Lipinski definition) is 0. The number of piperidine rings is 2. The van der Waals surface area contributed by atoms with Crippen LogP contribution in [0.25, 0.3) is 0 Å². The first kappa shape index (κ1) is 35.9. The van der Waals surface area contributed by atoms with Crippen LogP contribution in [-0.4, -0.2) is 95.4 Å². The third-order valence-electron chi connectivity index (χ3n) is 10.5. The van der Waals surface area contributed by atoms with Crippen molar-refractivity contribution in [3.05, 3.63) is 106 Å². The van der Waals surface area contributed by atoms with Gasteiger partial charge in [-0.25, -0.2) is 0 Å². The molecule has 2 atom stereocenters. The fraction of sp³-hybridized carbons (Fsp3) is 0.474. The zero-order chi connectivity index (χ0) is 35.6. The number of carbonyl (C=O) groups excluding carboxylic acids is 2. The van der Waals surface area contributed by atoms with Crippen LogP contribution in [0.15, 0.2) is 72.8 Å². The van der Waals surface area contributed by atoms with Crippen molar-refractivity contribution in [1.82, 2.24) is 19.6 Å². The van der Waals surface area contributed by atoms with Gasteiger partial charge in [-0.05, 0) is 74.9 Å². The van der Waals surface area contributed by atoms with Gasteiger partial charge in [0.15, 0.2) is 0 Å². The number of piperazine rings is 1. The van der Waals surface area contributed by atoms with Crippen molar-refractivity contribution < 1.29 is 35.9 Å². The van der Waals surface area contributed by atoms with E-state index in [9.17, 15) is 35.9 Å². The molecular weight excluding hydrogens is 658 g/mol. The van der Waals surface area contributed by atoms with Gasteiger partial charge < -0.3 is 9.80 Å². The number of carbonyl (C=O) groups is 2. The van der Waals surface area contributed by atoms with E-state index >= 15 is 0 Å². The summed E-state index contributed by atoms with van der Waals surface area (Å²) in [4.78, 5) is 35.1. The van der Waals surface area contributed by atoms with Gasteiger partial charge in [-0.15, -0.1) is 0 Å². The summed E-state index contributed by atoms with van der Waals surface area (Å²) in [6, 6.07) is 18.3. The molecule has 0 aliphatic carbocycles. The molecule has 12 heteroatoms. The molecule has 3 aliphatic heterocycles. The van der Waals surface area contributed by atoms with Gasteiger partial charge in [0.25, 0.3) is 11.8 Å². The van der Waals surface area contributed by atoms with Gasteiger partial charge in [0.2, 0.25) is 0 Å². The van der Waals surface area contributed by atoms with Gasteiger partial charge in [0.05, 0.1) is 11.1 Å². The molecule has 3 heterocycles. The number of amides is 2. The fourth-order valence-electron chi connectivity index (χ4n) is 7.82. The molecule has 268 valence electrons. The number of hydrogen-bond acceptors (Lipinski definition) is 4. The molecule has 3 aliphatic rings. The number of rotatable bonds is 6. The third-order valence-corrected chi connectivity index (χ3v) is 10.5. The molecule has 3 saturated heterocycles. The molecule has 6 rings (SSSR count). The van der Waals surface area contributed by atoms with Gasteiger partial charge >= 0.3 is 12.4 Å². The second kappa shape index (κ2) is 14.8. The van der Waals surface area contributed by atoms with E-state index in [1.165, 1.54) is 4.90 Å². The van der Waals surface area contributed by atoms with E-state index in [0.717, 1.165) is 55.7 Å². The Morgan fingerprint density at radius 1 is 0.640 bits per heavy atom. The van der Waals surface area contributed by atoms with E-state index in [-0.39, 0.29) is 24.6 Å². The van der Waals surface area contributed by atoms with E-state index in [1.54, 1.807) is 0 Å². The lowest BCUT2D eigenvalue weighted by atomic mass is 9.90. The molecule has 50 heavy (non-hydrogen) atoms. The van der Waals surface area contributed by atoms with Crippen molar-refractivity contribution in [1.29, 1.82) is 0 Å². The quantitative estimate of drug-likeness (QED) is 0.256. The van der Waals surface area contributed by atoms with Crippen molar-refractivity contribution in [3.63, 3.8) is 0 Å². The average molecular weight is 701 g/mol. The molecule has 0 bridgehead atoms. The largest absolute Gasteiger partial charge is 0.416 e. The topological polar surface area (TPSA) is 47.1 Å². The van der Waals surface area contributed by atoms with Crippen LogP contribution in [0.3, 0.4) is 0 Å². The number of likely N-dealkylation sites (tertiary alicyclic amines) is 2. The summed E-state index contributed by atoms with van der Waals surface area (Å²) in [6.07, 6.45) is -6.69. The average Bonchev–Trinajstić information content (AvgIpc) is 3.11. The van der Waals surface area contributed by atoms with Crippen LogP contribution in [0.4, 0.5) is 26.3 Å². The highest BCUT2D eigenvalue weighted by molar-refractivity contribution is 5.95. The smallest absolute Gasteiger partial charge is 0.339 e. The van der Waals surface area contributed by atoms with E-state index < -0.39 is 41.0 Å². The summed E-state index contributed by atoms with van der Waals surface area (Å²) >= 11 is 0. The second-order valence-corrected chi connectivity index (χ2v) is 13.8. The highest BCUT2D eigenvalue weighted by Crippen LogP contribution is 2.37. The maximum atomic E-state index is 13.8. The van der Waals surface area contributed by atoms with Crippen molar-refractivity contribution in [2.24, 2.45) is 0 Å². The summed E-state index contributed by atoms with van der Waals surface area (Å²) in [5.41, 5.74) is -0.881. The minimum Gasteiger partial charge on any atom is -0.339 e. The van der Waals surface area contributed by atoms with Crippen molar-refractivity contribution in [2.45, 2.75) is 69.5 Å². The lowest BCUT2D eigenvalue weighted by molar-refractivity contribution is -0.143. The molecule has 3 fully saturated rings. The Balaban J connectivity index is 1.10. The molecule has 2 unspecified atom stereocenters. The van der Waals surface area contributed by atoms with Crippen LogP contribution in [0, 0.1) is 6.92 Å². The molecule has 0 radical (unpaired) electrons. The van der Waals surface area contributed by atoms with Crippen LogP contribution in [0.5, 0.6) is 0 Å². The molecule has 0 N–H and O–H groups in total. The summed E-state index contributed by atoms with van der Waals surface area (Å²) in [5.74, 6) is -0.751. The SMILES string of the molecule is Cc1cccc(C(=O)N2CCC(N3CCN(C4CCN(C(=O)c5cc(C(F)(F)F)cc(C(F)(F)F)c5)C(Cc5ccccc5)C4)CC3)CC2)c1. The number of benzene rings is 3. The highest BCUT2D eigenvalue weighted by atomic mass is 19.4. The molecular formula is C38H42F6N4O2. The normalized spacial score (nSPS) is 21.7. The van der Waals surface area contributed by atoms with E-state index in [2.05, 4.69) is 9.80 Å².